The van der Waals surface area contributed by atoms with Gasteiger partial charge < -0.3 is 10.6 Å². The molecule has 3 heteroatoms. The Morgan fingerprint density at radius 1 is 1.38 bits per heavy atom. The first-order valence-electron chi connectivity index (χ1n) is 4.17. The molecular weight excluding hydrogens is 162 g/mol. The van der Waals surface area contributed by atoms with Crippen LogP contribution in [0.5, 0.6) is 0 Å². The Labute approximate surface area is 77.2 Å². The molecule has 0 aliphatic carbocycles. The molecule has 0 fully saturated rings. The summed E-state index contributed by atoms with van der Waals surface area (Å²) in [5.41, 5.74) is 6.88. The maximum atomic E-state index is 5.87. The zero-order valence-electron chi connectivity index (χ0n) is 7.17. The zero-order chi connectivity index (χ0) is 9.10. The van der Waals surface area contributed by atoms with E-state index >= 15 is 0 Å². The van der Waals surface area contributed by atoms with E-state index in [2.05, 4.69) is 4.98 Å². The van der Waals surface area contributed by atoms with Crippen LogP contribution < -0.4 is 10.6 Å². The van der Waals surface area contributed by atoms with Gasteiger partial charge in [0.2, 0.25) is 0 Å². The van der Waals surface area contributed by atoms with Crippen molar-refractivity contribution in [1.29, 1.82) is 0 Å². The predicted molar refractivity (Wildman–Crippen MR) is 53.0 cm³/mol. The van der Waals surface area contributed by atoms with Crippen molar-refractivity contribution in [2.24, 2.45) is 5.73 Å². The number of hydrogen-bond acceptors (Lipinski definition) is 3. The van der Waals surface area contributed by atoms with Crippen molar-refractivity contribution < 1.29 is 0 Å². The van der Waals surface area contributed by atoms with E-state index in [-0.39, 0.29) is 6.17 Å². The lowest BCUT2D eigenvalue weighted by Gasteiger charge is -2.26. The molecule has 66 valence electrons. The third kappa shape index (κ3) is 1.60. The smallest absolute Gasteiger partial charge is 0.101 e. The van der Waals surface area contributed by atoms with Crippen LogP contribution in [0.15, 0.2) is 49.0 Å². The third-order valence-electron chi connectivity index (χ3n) is 1.93. The molecule has 1 aromatic rings. The number of nitrogens with two attached hydrogens (primary N) is 1. The summed E-state index contributed by atoms with van der Waals surface area (Å²) >= 11 is 0. The minimum Gasteiger partial charge on any atom is -0.327 e. The summed E-state index contributed by atoms with van der Waals surface area (Å²) in [5, 5.41) is 0. The molecule has 1 unspecified atom stereocenters. The lowest BCUT2D eigenvalue weighted by atomic mass is 10.2. The molecule has 2 N–H and O–H groups in total. The molecule has 1 aliphatic heterocycles. The fourth-order valence-electron chi connectivity index (χ4n) is 1.28. The minimum absolute atomic E-state index is 0.0887. The third-order valence-corrected chi connectivity index (χ3v) is 1.93. The molecule has 1 aliphatic rings. The van der Waals surface area contributed by atoms with Gasteiger partial charge >= 0.3 is 0 Å². The monoisotopic (exact) mass is 173 g/mol. The average molecular weight is 173 g/mol. The number of anilines is 1. The maximum absolute atomic E-state index is 5.87. The molecule has 1 aromatic heterocycles. The van der Waals surface area contributed by atoms with Gasteiger partial charge in [-0.3, -0.25) is 4.98 Å². The van der Waals surface area contributed by atoms with E-state index in [9.17, 15) is 0 Å². The highest BCUT2D eigenvalue weighted by atomic mass is 15.2. The molecule has 0 spiro atoms. The fraction of sp³-hybridized carbons (Fsp3) is 0.100. The van der Waals surface area contributed by atoms with Gasteiger partial charge in [-0.2, -0.15) is 0 Å². The molecule has 13 heavy (non-hydrogen) atoms. The summed E-state index contributed by atoms with van der Waals surface area (Å²) in [4.78, 5) is 6.00. The Morgan fingerprint density at radius 2 is 2.31 bits per heavy atom. The van der Waals surface area contributed by atoms with E-state index in [1.807, 2.05) is 41.5 Å². The van der Waals surface area contributed by atoms with Crippen LogP contribution in [0.3, 0.4) is 0 Å². The predicted octanol–water partition coefficient (Wildman–Crippen LogP) is 1.26. The van der Waals surface area contributed by atoms with Crippen molar-refractivity contribution in [1.82, 2.24) is 4.98 Å². The van der Waals surface area contributed by atoms with Crippen molar-refractivity contribution in [2.45, 2.75) is 6.17 Å². The summed E-state index contributed by atoms with van der Waals surface area (Å²) < 4.78 is 0. The van der Waals surface area contributed by atoms with Gasteiger partial charge in [0.1, 0.15) is 6.17 Å². The molecule has 2 rings (SSSR count). The normalized spacial score (nSPS) is 20.7. The summed E-state index contributed by atoms with van der Waals surface area (Å²) in [7, 11) is 0. The van der Waals surface area contributed by atoms with Gasteiger partial charge in [0.25, 0.3) is 0 Å². The summed E-state index contributed by atoms with van der Waals surface area (Å²) in [6.45, 7) is 0. The quantitative estimate of drug-likeness (QED) is 0.695. The second kappa shape index (κ2) is 3.41. The van der Waals surface area contributed by atoms with Crippen LogP contribution in [0.1, 0.15) is 0 Å². The number of rotatable bonds is 1. The number of allylic oxidation sites excluding steroid dienone is 2. The Hall–Kier alpha value is -1.61. The Bertz CT molecular complexity index is 329. The Balaban J connectivity index is 2.27. The SMILES string of the molecule is NC1C=CC=CN1c1cccnc1. The van der Waals surface area contributed by atoms with Gasteiger partial charge in [-0.15, -0.1) is 0 Å². The summed E-state index contributed by atoms with van der Waals surface area (Å²) in [6, 6.07) is 3.88. The molecule has 2 heterocycles. The summed E-state index contributed by atoms with van der Waals surface area (Å²) in [5.74, 6) is 0. The number of pyridine rings is 1. The maximum Gasteiger partial charge on any atom is 0.101 e. The van der Waals surface area contributed by atoms with Crippen LogP contribution in [-0.4, -0.2) is 11.1 Å². The highest BCUT2D eigenvalue weighted by Crippen LogP contribution is 2.16. The molecule has 0 saturated heterocycles. The van der Waals surface area contributed by atoms with Gasteiger partial charge in [-0.05, 0) is 24.3 Å². The van der Waals surface area contributed by atoms with Crippen molar-refractivity contribution in [2.75, 3.05) is 4.90 Å². The van der Waals surface area contributed by atoms with Crippen molar-refractivity contribution in [3.05, 3.63) is 49.0 Å². The van der Waals surface area contributed by atoms with Gasteiger partial charge in [0.05, 0.1) is 11.9 Å². The lowest BCUT2D eigenvalue weighted by molar-refractivity contribution is 0.807. The largest absolute Gasteiger partial charge is 0.327 e. The Morgan fingerprint density at radius 3 is 3.00 bits per heavy atom. The summed E-state index contributed by atoms with van der Waals surface area (Å²) in [6.07, 6.45) is 11.2. The molecule has 0 saturated carbocycles. The van der Waals surface area contributed by atoms with E-state index in [1.165, 1.54) is 0 Å². The molecule has 0 bridgehead atoms. The number of hydrogen-bond donors (Lipinski definition) is 1. The zero-order valence-corrected chi connectivity index (χ0v) is 7.17. The van der Waals surface area contributed by atoms with Crippen molar-refractivity contribution >= 4 is 5.69 Å². The number of aromatic nitrogens is 1. The van der Waals surface area contributed by atoms with Gasteiger partial charge in [0.15, 0.2) is 0 Å². The lowest BCUT2D eigenvalue weighted by Crippen LogP contribution is -2.37. The molecule has 0 amide bonds. The van der Waals surface area contributed by atoms with Crippen molar-refractivity contribution in [3.8, 4) is 0 Å². The van der Waals surface area contributed by atoms with Crippen LogP contribution in [0, 0.1) is 0 Å². The first kappa shape index (κ1) is 8.01. The van der Waals surface area contributed by atoms with Crippen molar-refractivity contribution in [3.63, 3.8) is 0 Å². The average Bonchev–Trinajstić information content (AvgIpc) is 2.20. The van der Waals surface area contributed by atoms with Crippen LogP contribution in [0.25, 0.3) is 0 Å². The van der Waals surface area contributed by atoms with E-state index in [4.69, 9.17) is 5.73 Å². The van der Waals surface area contributed by atoms with Gasteiger partial charge in [-0.1, -0.05) is 6.08 Å². The molecule has 0 aromatic carbocycles. The first-order chi connectivity index (χ1) is 6.38. The van der Waals surface area contributed by atoms with Gasteiger partial charge in [0, 0.05) is 12.4 Å². The van der Waals surface area contributed by atoms with E-state index in [0.29, 0.717) is 0 Å². The number of nitrogens with zero attached hydrogens (tertiary/aromatic N) is 2. The Kier molecular flexibility index (Phi) is 2.10. The molecular formula is C10H11N3. The van der Waals surface area contributed by atoms with E-state index < -0.39 is 0 Å². The standard InChI is InChI=1S/C10H11N3/c11-10-5-1-2-7-13(10)9-4-3-6-12-8-9/h1-8,10H,11H2. The molecule has 0 radical (unpaired) electrons. The second-order valence-electron chi connectivity index (χ2n) is 2.84. The van der Waals surface area contributed by atoms with Crippen LogP contribution in [-0.2, 0) is 0 Å². The first-order valence-corrected chi connectivity index (χ1v) is 4.17. The second-order valence-corrected chi connectivity index (χ2v) is 2.84. The highest BCUT2D eigenvalue weighted by Gasteiger charge is 2.10. The van der Waals surface area contributed by atoms with Crippen LogP contribution in [0.4, 0.5) is 5.69 Å². The highest BCUT2D eigenvalue weighted by molar-refractivity contribution is 5.50. The van der Waals surface area contributed by atoms with Crippen LogP contribution in [0.2, 0.25) is 0 Å². The van der Waals surface area contributed by atoms with Crippen LogP contribution >= 0.6 is 0 Å². The minimum atomic E-state index is -0.0887. The fourth-order valence-corrected chi connectivity index (χ4v) is 1.28. The van der Waals surface area contributed by atoms with E-state index in [0.717, 1.165) is 5.69 Å². The van der Waals surface area contributed by atoms with E-state index in [1.54, 1.807) is 12.4 Å². The molecule has 1 atom stereocenters. The topological polar surface area (TPSA) is 42.1 Å². The molecule has 3 nitrogen and oxygen atoms in total. The van der Waals surface area contributed by atoms with Gasteiger partial charge in [-0.25, -0.2) is 0 Å².